The Kier molecular flexibility index (Phi) is 11.4. The fourth-order valence-electron chi connectivity index (χ4n) is 6.70. The molecule has 0 unspecified atom stereocenters. The largest absolute Gasteiger partial charge is 0.497 e. The number of carbonyl (C=O) groups excluding carboxylic acids is 1. The number of nitrogens with one attached hydrogen (secondary N) is 1. The number of sulfonamides is 1. The summed E-state index contributed by atoms with van der Waals surface area (Å²) in [6, 6.07) is 17.0. The molecule has 0 aliphatic carbocycles. The molecule has 58 heavy (non-hydrogen) atoms. The first-order valence-electron chi connectivity index (χ1n) is 18.3. The molecule has 0 aliphatic heterocycles. The molecular formula is C42H45ClF2N6O6S. The second-order valence-electron chi connectivity index (χ2n) is 16.1. The molecule has 1 N–H and O–H groups in total. The van der Waals surface area contributed by atoms with Gasteiger partial charge in [0.2, 0.25) is 10.0 Å². The first-order valence-corrected chi connectivity index (χ1v) is 20.5. The summed E-state index contributed by atoms with van der Waals surface area (Å²) in [7, 11) is -0.874. The van der Waals surface area contributed by atoms with Gasteiger partial charge >= 0.3 is 6.09 Å². The second-order valence-corrected chi connectivity index (χ2v) is 18.4. The molecule has 0 radical (unpaired) electrons. The molecule has 306 valence electrons. The highest BCUT2D eigenvalue weighted by Gasteiger charge is 2.31. The molecule has 1 amide bonds. The van der Waals surface area contributed by atoms with E-state index in [0.29, 0.717) is 16.8 Å². The Morgan fingerprint density at radius 3 is 2.19 bits per heavy atom. The Balaban J connectivity index is 1.66. The molecule has 0 bridgehead atoms. The van der Waals surface area contributed by atoms with Crippen LogP contribution in [0.4, 0.5) is 19.4 Å². The lowest BCUT2D eigenvalue weighted by Crippen LogP contribution is -2.39. The van der Waals surface area contributed by atoms with Crippen LogP contribution in [-0.2, 0) is 40.2 Å². The van der Waals surface area contributed by atoms with Gasteiger partial charge < -0.3 is 14.8 Å². The van der Waals surface area contributed by atoms with E-state index in [4.69, 9.17) is 26.1 Å². The molecule has 0 saturated carbocycles. The molecule has 1 atom stereocenters. The minimum Gasteiger partial charge on any atom is -0.497 e. The molecule has 6 aromatic rings. The molecule has 0 aliphatic rings. The third kappa shape index (κ3) is 8.95. The summed E-state index contributed by atoms with van der Waals surface area (Å²) in [5, 5.41) is 8.05. The van der Waals surface area contributed by atoms with Gasteiger partial charge in [0.25, 0.3) is 5.56 Å². The minimum atomic E-state index is -3.99. The fraction of sp³-hybridized carbons (Fsp3) is 0.333. The van der Waals surface area contributed by atoms with Crippen LogP contribution in [0, 0.1) is 11.6 Å². The molecule has 6 rings (SSSR count). The normalized spacial score (nSPS) is 12.8. The van der Waals surface area contributed by atoms with E-state index in [0.717, 1.165) is 34.3 Å². The first-order chi connectivity index (χ1) is 27.0. The summed E-state index contributed by atoms with van der Waals surface area (Å²) in [5.74, 6) is -1.09. The average molecular weight is 835 g/mol. The number of methoxy groups -OCH3 is 1. The van der Waals surface area contributed by atoms with Gasteiger partial charge in [-0.2, -0.15) is 5.10 Å². The number of hydrogen-bond acceptors (Lipinski definition) is 8. The SMILES string of the molecule is COc1ccc(CN(c2nn(C)c3c(-n4c([C@H](Cc5cc(F)cc(F)c5)NC(=O)OC(C)(C)C)nc5cc(C(C)(C)C)ccc5c4=O)ccc(Cl)c23)S(C)(=O)=O)cc1. The highest BCUT2D eigenvalue weighted by molar-refractivity contribution is 7.92. The summed E-state index contributed by atoms with van der Waals surface area (Å²) in [6.45, 7) is 11.0. The predicted octanol–water partition coefficient (Wildman–Crippen LogP) is 8.28. The van der Waals surface area contributed by atoms with Gasteiger partial charge in [0.05, 0.1) is 58.5 Å². The summed E-state index contributed by atoms with van der Waals surface area (Å²) in [6.07, 6.45) is -0.0363. The van der Waals surface area contributed by atoms with Crippen molar-refractivity contribution in [3.63, 3.8) is 0 Å². The predicted molar refractivity (Wildman–Crippen MR) is 222 cm³/mol. The van der Waals surface area contributed by atoms with Gasteiger partial charge in [-0.05, 0) is 91.4 Å². The number of hydrogen-bond donors (Lipinski definition) is 1. The highest BCUT2D eigenvalue weighted by Crippen LogP contribution is 2.38. The molecular weight excluding hydrogens is 790 g/mol. The van der Waals surface area contributed by atoms with E-state index >= 15 is 4.79 Å². The molecule has 0 fully saturated rings. The molecule has 12 nitrogen and oxygen atoms in total. The van der Waals surface area contributed by atoms with Gasteiger partial charge in [-0.25, -0.2) is 31.3 Å². The van der Waals surface area contributed by atoms with Crippen molar-refractivity contribution in [1.29, 1.82) is 0 Å². The smallest absolute Gasteiger partial charge is 0.408 e. The van der Waals surface area contributed by atoms with E-state index in [9.17, 15) is 22.0 Å². The monoisotopic (exact) mass is 834 g/mol. The summed E-state index contributed by atoms with van der Waals surface area (Å²) < 4.78 is 70.9. The van der Waals surface area contributed by atoms with Crippen molar-refractivity contribution in [3.05, 3.63) is 122 Å². The van der Waals surface area contributed by atoms with Crippen LogP contribution >= 0.6 is 11.6 Å². The van der Waals surface area contributed by atoms with Crippen LogP contribution < -0.4 is 19.9 Å². The molecule has 0 saturated heterocycles. The number of carbonyl (C=O) groups is 1. The zero-order chi connectivity index (χ0) is 42.5. The fourth-order valence-corrected chi connectivity index (χ4v) is 7.76. The number of halogens is 3. The van der Waals surface area contributed by atoms with Crippen LogP contribution in [0.25, 0.3) is 27.5 Å². The van der Waals surface area contributed by atoms with Crippen molar-refractivity contribution in [2.24, 2.45) is 7.05 Å². The second kappa shape index (κ2) is 15.7. The maximum absolute atomic E-state index is 15.0. The van der Waals surface area contributed by atoms with Crippen LogP contribution in [0.5, 0.6) is 5.75 Å². The summed E-state index contributed by atoms with van der Waals surface area (Å²) >= 11 is 6.90. The topological polar surface area (TPSA) is 138 Å². The number of ether oxygens (including phenoxy) is 2. The number of alkyl carbamates (subject to hydrolysis) is 1. The van der Waals surface area contributed by atoms with Crippen molar-refractivity contribution < 1.29 is 31.5 Å². The summed E-state index contributed by atoms with van der Waals surface area (Å²) in [5.41, 5.74) is 0.621. The zero-order valence-corrected chi connectivity index (χ0v) is 35.2. The lowest BCUT2D eigenvalue weighted by atomic mass is 9.86. The summed E-state index contributed by atoms with van der Waals surface area (Å²) in [4.78, 5) is 33.5. The van der Waals surface area contributed by atoms with Gasteiger partial charge in [0, 0.05) is 19.5 Å². The van der Waals surface area contributed by atoms with Crippen LogP contribution in [-0.4, -0.2) is 52.8 Å². The van der Waals surface area contributed by atoms with Crippen LogP contribution in [0.15, 0.2) is 77.6 Å². The maximum Gasteiger partial charge on any atom is 0.408 e. The van der Waals surface area contributed by atoms with Gasteiger partial charge in [-0.3, -0.25) is 14.0 Å². The number of aryl methyl sites for hydroxylation is 1. The lowest BCUT2D eigenvalue weighted by Gasteiger charge is -2.26. The molecule has 4 aromatic carbocycles. The number of benzene rings is 4. The third-order valence-electron chi connectivity index (χ3n) is 9.39. The number of aromatic nitrogens is 4. The first kappa shape index (κ1) is 42.1. The molecule has 16 heteroatoms. The molecule has 2 aromatic heterocycles. The zero-order valence-electron chi connectivity index (χ0n) is 33.6. The minimum absolute atomic E-state index is 0.000463. The Hall–Kier alpha value is -5.54. The van der Waals surface area contributed by atoms with Gasteiger partial charge in [-0.15, -0.1) is 0 Å². The number of amides is 1. The number of anilines is 1. The van der Waals surface area contributed by atoms with E-state index < -0.39 is 45.0 Å². The quantitative estimate of drug-likeness (QED) is 0.146. The number of nitrogens with zero attached hydrogens (tertiary/aromatic N) is 5. The van der Waals surface area contributed by atoms with E-state index in [1.807, 2.05) is 26.8 Å². The van der Waals surface area contributed by atoms with Crippen molar-refractivity contribution in [2.45, 2.75) is 71.6 Å². The van der Waals surface area contributed by atoms with Crippen molar-refractivity contribution in [1.82, 2.24) is 24.6 Å². The van der Waals surface area contributed by atoms with Crippen molar-refractivity contribution in [2.75, 3.05) is 17.7 Å². The Morgan fingerprint density at radius 2 is 1.60 bits per heavy atom. The average Bonchev–Trinajstić information content (AvgIpc) is 3.45. The van der Waals surface area contributed by atoms with E-state index in [-0.39, 0.29) is 62.6 Å². The number of rotatable bonds is 10. The van der Waals surface area contributed by atoms with Crippen molar-refractivity contribution in [3.8, 4) is 11.4 Å². The van der Waals surface area contributed by atoms with Crippen LogP contribution in [0.3, 0.4) is 0 Å². The van der Waals surface area contributed by atoms with E-state index in [1.54, 1.807) is 70.3 Å². The molecule has 0 spiro atoms. The maximum atomic E-state index is 15.0. The van der Waals surface area contributed by atoms with Gasteiger partial charge in [0.15, 0.2) is 5.82 Å². The Labute approximate surface area is 340 Å². The van der Waals surface area contributed by atoms with Gasteiger partial charge in [-0.1, -0.05) is 50.6 Å². The number of fused-ring (bicyclic) bond motifs is 2. The Bertz CT molecular complexity index is 2700. The van der Waals surface area contributed by atoms with Crippen LogP contribution in [0.1, 0.15) is 70.1 Å². The van der Waals surface area contributed by atoms with E-state index in [2.05, 4.69) is 10.4 Å². The van der Waals surface area contributed by atoms with Gasteiger partial charge in [0.1, 0.15) is 28.8 Å². The van der Waals surface area contributed by atoms with Crippen LogP contribution in [0.2, 0.25) is 5.02 Å². The van der Waals surface area contributed by atoms with Crippen molar-refractivity contribution >= 4 is 55.3 Å². The Morgan fingerprint density at radius 1 is 0.948 bits per heavy atom. The standard InChI is InChI=1S/C42H45ClF2N6O6S/c1-41(2,3)26-12-15-30-32(21-26)46-37(33(47-40(53)57-42(4,5)6)20-25-18-27(44)22-28(45)19-25)51(39(30)52)34-17-16-31(43)35-36(34)49(7)48-38(35)50(58(9,54)55)23-24-10-13-29(56-8)14-11-24/h10-19,21-22,33H,20,23H2,1-9H3,(H,47,53)/t33-/m0/s1. The highest BCUT2D eigenvalue weighted by atomic mass is 35.5. The third-order valence-corrected chi connectivity index (χ3v) is 10.8. The lowest BCUT2D eigenvalue weighted by molar-refractivity contribution is 0.0500. The van der Waals surface area contributed by atoms with E-state index in [1.165, 1.54) is 22.4 Å². The molecule has 2 heterocycles.